The van der Waals surface area contributed by atoms with Crippen LogP contribution in [0.15, 0.2) is 58.0 Å². The molecule has 1 aliphatic rings. The smallest absolute Gasteiger partial charge is 0.345 e. The number of halogens is 1. The predicted molar refractivity (Wildman–Crippen MR) is 111 cm³/mol. The molecule has 1 unspecified atom stereocenters. The fourth-order valence-electron chi connectivity index (χ4n) is 4.12. The lowest BCUT2D eigenvalue weighted by molar-refractivity contribution is 0.407. The minimum absolute atomic E-state index is 0.180. The van der Waals surface area contributed by atoms with Crippen LogP contribution in [-0.2, 0) is 0 Å². The summed E-state index contributed by atoms with van der Waals surface area (Å²) < 4.78 is 21.1. The number of hydrogen-bond acceptors (Lipinski definition) is 5. The van der Waals surface area contributed by atoms with Crippen molar-refractivity contribution in [2.75, 3.05) is 18.0 Å². The zero-order valence-corrected chi connectivity index (χ0v) is 16.2. The van der Waals surface area contributed by atoms with Crippen LogP contribution < -0.4 is 15.8 Å². The summed E-state index contributed by atoms with van der Waals surface area (Å²) in [6, 6.07) is 11.4. The van der Waals surface area contributed by atoms with Crippen LogP contribution in [0.5, 0.6) is 0 Å². The Labute approximate surface area is 166 Å². The number of hydrogen-bond donors (Lipinski definition) is 1. The highest BCUT2D eigenvalue weighted by Crippen LogP contribution is 2.26. The predicted octanol–water partition coefficient (Wildman–Crippen LogP) is 3.43. The number of pyridine rings is 1. The highest BCUT2D eigenvalue weighted by atomic mass is 19.1. The van der Waals surface area contributed by atoms with E-state index in [-0.39, 0.29) is 5.65 Å². The second-order valence-corrected chi connectivity index (χ2v) is 7.76. The van der Waals surface area contributed by atoms with Crippen molar-refractivity contribution in [2.24, 2.45) is 0 Å². The molecule has 0 amide bonds. The molecule has 1 aromatic carbocycles. The van der Waals surface area contributed by atoms with E-state index < -0.39 is 11.4 Å². The zero-order chi connectivity index (χ0) is 20.1. The molecule has 0 aliphatic carbocycles. The van der Waals surface area contributed by atoms with E-state index in [1.807, 2.05) is 18.2 Å². The molecule has 1 aliphatic heterocycles. The lowest BCUT2D eigenvalue weighted by atomic mass is 10.1. The molecule has 4 aromatic rings. The van der Waals surface area contributed by atoms with Gasteiger partial charge in [-0.2, -0.15) is 0 Å². The van der Waals surface area contributed by atoms with Crippen LogP contribution in [0.3, 0.4) is 0 Å². The van der Waals surface area contributed by atoms with E-state index in [4.69, 9.17) is 4.42 Å². The van der Waals surface area contributed by atoms with Gasteiger partial charge in [-0.25, -0.2) is 14.2 Å². The molecule has 3 aromatic heterocycles. The maximum absolute atomic E-state index is 14.0. The molecule has 5 rings (SSSR count). The monoisotopic (exact) mass is 392 g/mol. The molecule has 2 atom stereocenters. The third-order valence-electron chi connectivity index (χ3n) is 5.35. The van der Waals surface area contributed by atoms with Gasteiger partial charge in [0.2, 0.25) is 0 Å². The molecule has 0 bridgehead atoms. The lowest BCUT2D eigenvalue weighted by Crippen LogP contribution is -2.54. The molecule has 0 saturated carbocycles. The van der Waals surface area contributed by atoms with E-state index in [1.165, 1.54) is 6.07 Å². The van der Waals surface area contributed by atoms with Gasteiger partial charge in [-0.15, -0.1) is 0 Å². The topological polar surface area (TPSA) is 62.8 Å². The Balaban J connectivity index is 1.56. The second kappa shape index (κ2) is 6.70. The maximum Gasteiger partial charge on any atom is 0.345 e. The molecule has 6 nitrogen and oxygen atoms in total. The Morgan fingerprint density at radius 1 is 1.17 bits per heavy atom. The Morgan fingerprint density at radius 3 is 2.72 bits per heavy atom. The number of nitrogens with one attached hydrogen (secondary N) is 1. The summed E-state index contributed by atoms with van der Waals surface area (Å²) >= 11 is 0. The van der Waals surface area contributed by atoms with Gasteiger partial charge in [-0.3, -0.25) is 0 Å². The summed E-state index contributed by atoms with van der Waals surface area (Å²) in [5.41, 5.74) is 1.96. The van der Waals surface area contributed by atoms with Crippen molar-refractivity contribution in [1.29, 1.82) is 0 Å². The van der Waals surface area contributed by atoms with Crippen molar-refractivity contribution < 1.29 is 8.81 Å². The van der Waals surface area contributed by atoms with Gasteiger partial charge in [0.05, 0.1) is 11.3 Å². The number of anilines is 1. The number of rotatable bonds is 2. The molecular formula is C22H21FN4O2. The molecule has 29 heavy (non-hydrogen) atoms. The first-order valence-corrected chi connectivity index (χ1v) is 9.70. The number of benzene rings is 1. The van der Waals surface area contributed by atoms with Crippen LogP contribution in [0.1, 0.15) is 13.8 Å². The molecule has 148 valence electrons. The molecule has 1 saturated heterocycles. The van der Waals surface area contributed by atoms with Gasteiger partial charge in [-0.1, -0.05) is 0 Å². The van der Waals surface area contributed by atoms with Crippen LogP contribution in [-0.4, -0.2) is 34.6 Å². The fourth-order valence-corrected chi connectivity index (χ4v) is 4.12. The second-order valence-electron chi connectivity index (χ2n) is 7.76. The third kappa shape index (κ3) is 3.17. The highest BCUT2D eigenvalue weighted by molar-refractivity contribution is 5.84. The average Bonchev–Trinajstić information content (AvgIpc) is 3.11. The summed E-state index contributed by atoms with van der Waals surface area (Å²) in [7, 11) is 0. The van der Waals surface area contributed by atoms with E-state index >= 15 is 0 Å². The Kier molecular flexibility index (Phi) is 4.13. The molecule has 1 fully saturated rings. The van der Waals surface area contributed by atoms with Crippen molar-refractivity contribution in [1.82, 2.24) is 14.7 Å². The van der Waals surface area contributed by atoms with E-state index in [0.717, 1.165) is 24.2 Å². The van der Waals surface area contributed by atoms with Gasteiger partial charge >= 0.3 is 5.63 Å². The van der Waals surface area contributed by atoms with Gasteiger partial charge in [-0.05, 0) is 44.2 Å². The van der Waals surface area contributed by atoms with E-state index in [9.17, 15) is 9.18 Å². The molecule has 7 heteroatoms. The van der Waals surface area contributed by atoms with Crippen LogP contribution >= 0.6 is 0 Å². The molecule has 1 N–H and O–H groups in total. The van der Waals surface area contributed by atoms with Crippen LogP contribution in [0.2, 0.25) is 0 Å². The number of piperazine rings is 1. The van der Waals surface area contributed by atoms with Crippen LogP contribution in [0, 0.1) is 5.82 Å². The summed E-state index contributed by atoms with van der Waals surface area (Å²) in [6.45, 7) is 6.11. The summed E-state index contributed by atoms with van der Waals surface area (Å²) in [4.78, 5) is 19.2. The summed E-state index contributed by atoms with van der Waals surface area (Å²) in [5, 5.41) is 4.32. The van der Waals surface area contributed by atoms with Crippen LogP contribution in [0.25, 0.3) is 27.9 Å². The number of nitrogens with zero attached hydrogens (tertiary/aromatic N) is 3. The SMILES string of the molecule is CC1CN(c2ccc3cc(-c4cn5cccc(F)c5n4)c(=O)oc3c2)C[C@H](C)N1. The third-order valence-corrected chi connectivity index (χ3v) is 5.35. The van der Waals surface area contributed by atoms with E-state index in [2.05, 4.69) is 29.0 Å². The zero-order valence-electron chi connectivity index (χ0n) is 16.2. The standard InChI is InChI=1S/C22H21FN4O2/c1-13-10-27(11-14(2)24-13)16-6-5-15-8-17(22(28)29-20(15)9-16)19-12-26-7-3-4-18(23)21(26)25-19/h3-9,12-14,24H,10-11H2,1-2H3/t13-,14?/m0/s1. The van der Waals surface area contributed by atoms with Gasteiger partial charge in [0.1, 0.15) is 5.58 Å². The maximum atomic E-state index is 14.0. The van der Waals surface area contributed by atoms with Crippen molar-refractivity contribution in [3.05, 3.63) is 65.0 Å². The fraction of sp³-hybridized carbons (Fsp3) is 0.273. The first-order chi connectivity index (χ1) is 14.0. The number of fused-ring (bicyclic) bond motifs is 2. The Hall–Kier alpha value is -3.19. The van der Waals surface area contributed by atoms with E-state index in [1.54, 1.807) is 28.9 Å². The van der Waals surface area contributed by atoms with Gasteiger partial charge < -0.3 is 19.0 Å². The summed E-state index contributed by atoms with van der Waals surface area (Å²) in [5.74, 6) is -0.437. The van der Waals surface area contributed by atoms with Crippen LogP contribution in [0.4, 0.5) is 10.1 Å². The average molecular weight is 392 g/mol. The van der Waals surface area contributed by atoms with Gasteiger partial charge in [0.25, 0.3) is 0 Å². The molecule has 4 heterocycles. The Morgan fingerprint density at radius 2 is 1.97 bits per heavy atom. The van der Waals surface area contributed by atoms with Gasteiger partial charge in [0, 0.05) is 54.7 Å². The van der Waals surface area contributed by atoms with Crippen molar-refractivity contribution >= 4 is 22.3 Å². The summed E-state index contributed by atoms with van der Waals surface area (Å²) in [6.07, 6.45) is 3.33. The van der Waals surface area contributed by atoms with E-state index in [0.29, 0.717) is 28.9 Å². The van der Waals surface area contributed by atoms with Crippen molar-refractivity contribution in [3.63, 3.8) is 0 Å². The Bertz CT molecular complexity index is 1270. The number of aromatic nitrogens is 2. The lowest BCUT2D eigenvalue weighted by Gasteiger charge is -2.37. The molecule has 0 spiro atoms. The first kappa shape index (κ1) is 17.9. The molecular weight excluding hydrogens is 371 g/mol. The number of imidazole rings is 1. The van der Waals surface area contributed by atoms with Crippen molar-refractivity contribution in [3.8, 4) is 11.3 Å². The quantitative estimate of drug-likeness (QED) is 0.530. The first-order valence-electron chi connectivity index (χ1n) is 9.70. The minimum atomic E-state index is -0.486. The normalized spacial score (nSPS) is 19.9. The van der Waals surface area contributed by atoms with Crippen molar-refractivity contribution in [2.45, 2.75) is 25.9 Å². The minimum Gasteiger partial charge on any atom is -0.422 e. The van der Waals surface area contributed by atoms with Gasteiger partial charge in [0.15, 0.2) is 11.5 Å². The highest BCUT2D eigenvalue weighted by Gasteiger charge is 2.22. The molecule has 0 radical (unpaired) electrons. The largest absolute Gasteiger partial charge is 0.422 e.